The van der Waals surface area contributed by atoms with Gasteiger partial charge in [-0.1, -0.05) is 12.1 Å². The number of nitrogens with zero attached hydrogens (tertiary/aromatic N) is 1. The first-order valence-corrected chi connectivity index (χ1v) is 5.53. The Morgan fingerprint density at radius 2 is 1.71 bits per heavy atom. The Morgan fingerprint density at radius 1 is 1.12 bits per heavy atom. The lowest BCUT2D eigenvalue weighted by molar-refractivity contribution is -0.146. The average molecular weight is 270 g/mol. The quantitative estimate of drug-likeness (QED) is 0.585. The zero-order valence-electron chi connectivity index (χ0n) is 8.97. The van der Waals surface area contributed by atoms with Gasteiger partial charge in [0.2, 0.25) is 0 Å². The first kappa shape index (κ1) is 14.3. The Morgan fingerprint density at radius 3 is 2.18 bits per heavy atom. The Balaban J connectivity index is 2.63. The van der Waals surface area contributed by atoms with Crippen LogP contribution in [-0.4, -0.2) is 30.0 Å². The molecule has 0 amide bonds. The summed E-state index contributed by atoms with van der Waals surface area (Å²) in [6, 6.07) is 5.38. The van der Waals surface area contributed by atoms with Gasteiger partial charge in [0.05, 0.1) is 6.54 Å². The molecule has 0 saturated heterocycles. The van der Waals surface area contributed by atoms with Crippen LogP contribution < -0.4 is 0 Å². The zero-order chi connectivity index (χ0) is 12.9. The molecule has 0 heterocycles. The molecule has 1 aromatic rings. The molecule has 6 heteroatoms. The number of halogens is 5. The minimum atomic E-state index is -4.26. The van der Waals surface area contributed by atoms with Crippen LogP contribution in [0.25, 0.3) is 0 Å². The summed E-state index contributed by atoms with van der Waals surface area (Å²) in [5, 5.41) is 0. The van der Waals surface area contributed by atoms with Gasteiger partial charge in [-0.15, -0.1) is 11.6 Å². The fourth-order valence-corrected chi connectivity index (χ4v) is 1.67. The van der Waals surface area contributed by atoms with Crippen LogP contribution >= 0.6 is 11.6 Å². The van der Waals surface area contributed by atoms with Gasteiger partial charge in [-0.25, -0.2) is 4.39 Å². The second-order valence-electron chi connectivity index (χ2n) is 3.64. The van der Waals surface area contributed by atoms with Crippen molar-refractivity contribution in [3.63, 3.8) is 0 Å². The molecule has 1 nitrogen and oxygen atoms in total. The maximum atomic E-state index is 12.6. The molecule has 0 fully saturated rings. The predicted molar refractivity (Wildman–Crippen MR) is 58.5 cm³/mol. The summed E-state index contributed by atoms with van der Waals surface area (Å²) in [6.45, 7) is -0.776. The zero-order valence-corrected chi connectivity index (χ0v) is 9.73. The van der Waals surface area contributed by atoms with Gasteiger partial charge in [-0.3, -0.25) is 4.90 Å². The van der Waals surface area contributed by atoms with Gasteiger partial charge in [-0.2, -0.15) is 13.2 Å². The molecular weight excluding hydrogens is 258 g/mol. The summed E-state index contributed by atoms with van der Waals surface area (Å²) in [5.41, 5.74) is 0.626. The van der Waals surface area contributed by atoms with Crippen LogP contribution in [0.4, 0.5) is 17.6 Å². The smallest absolute Gasteiger partial charge is 0.290 e. The normalized spacial score (nSPS) is 12.1. The molecule has 0 N–H and O–H groups in total. The van der Waals surface area contributed by atoms with E-state index in [1.165, 1.54) is 29.2 Å². The molecule has 96 valence electrons. The SMILES string of the molecule is Fc1ccc(CN(CCCl)CC(F)(F)F)cc1. The lowest BCUT2D eigenvalue weighted by Crippen LogP contribution is -2.35. The van der Waals surface area contributed by atoms with Crippen LogP contribution in [0.1, 0.15) is 5.56 Å². The van der Waals surface area contributed by atoms with Crippen LogP contribution in [0.3, 0.4) is 0 Å². The van der Waals surface area contributed by atoms with E-state index in [1.807, 2.05) is 0 Å². The van der Waals surface area contributed by atoms with Crippen LogP contribution in [-0.2, 0) is 6.54 Å². The molecule has 0 atom stereocenters. The summed E-state index contributed by atoms with van der Waals surface area (Å²) in [5.74, 6) is -0.287. The number of rotatable bonds is 5. The number of hydrogen-bond donors (Lipinski definition) is 0. The molecule has 0 radical (unpaired) electrons. The second kappa shape index (κ2) is 6.21. The number of hydrogen-bond acceptors (Lipinski definition) is 1. The molecule has 0 aliphatic rings. The molecule has 0 saturated carbocycles. The Hall–Kier alpha value is -0.810. The first-order chi connectivity index (χ1) is 7.90. The van der Waals surface area contributed by atoms with Crippen LogP contribution in [0.15, 0.2) is 24.3 Å². The molecule has 0 aromatic heterocycles. The molecular formula is C11H12ClF4N. The third-order valence-corrected chi connectivity index (χ3v) is 2.29. The molecule has 0 spiro atoms. The van der Waals surface area contributed by atoms with Crippen LogP contribution in [0.2, 0.25) is 0 Å². The van der Waals surface area contributed by atoms with E-state index >= 15 is 0 Å². The van der Waals surface area contributed by atoms with Crippen molar-refractivity contribution in [2.45, 2.75) is 12.7 Å². The lowest BCUT2D eigenvalue weighted by Gasteiger charge is -2.22. The first-order valence-electron chi connectivity index (χ1n) is 5.00. The Labute approximate surface area is 102 Å². The van der Waals surface area contributed by atoms with Gasteiger partial charge in [0, 0.05) is 19.0 Å². The maximum absolute atomic E-state index is 12.6. The van der Waals surface area contributed by atoms with Crippen LogP contribution in [0.5, 0.6) is 0 Å². The summed E-state index contributed by atoms with van der Waals surface area (Å²) in [6.07, 6.45) is -4.26. The van der Waals surface area contributed by atoms with Crippen molar-refractivity contribution in [3.05, 3.63) is 35.6 Å². The fourth-order valence-electron chi connectivity index (χ4n) is 1.44. The van der Waals surface area contributed by atoms with Gasteiger partial charge in [0.1, 0.15) is 5.82 Å². The van der Waals surface area contributed by atoms with E-state index in [1.54, 1.807) is 0 Å². The summed E-state index contributed by atoms with van der Waals surface area (Å²) < 4.78 is 49.4. The predicted octanol–water partition coefficient (Wildman–Crippen LogP) is 3.43. The monoisotopic (exact) mass is 269 g/mol. The third-order valence-electron chi connectivity index (χ3n) is 2.12. The van der Waals surface area contributed by atoms with E-state index in [9.17, 15) is 17.6 Å². The minimum Gasteiger partial charge on any atom is -0.290 e. The van der Waals surface area contributed by atoms with Gasteiger partial charge >= 0.3 is 6.18 Å². The van der Waals surface area contributed by atoms with E-state index in [4.69, 9.17) is 11.6 Å². The molecule has 0 unspecified atom stereocenters. The standard InChI is InChI=1S/C11H12ClF4N/c12-5-6-17(8-11(14,15)16)7-9-1-3-10(13)4-2-9/h1-4H,5-8H2. The molecule has 17 heavy (non-hydrogen) atoms. The van der Waals surface area contributed by atoms with Crippen molar-refractivity contribution in [2.24, 2.45) is 0 Å². The average Bonchev–Trinajstić information content (AvgIpc) is 2.19. The van der Waals surface area contributed by atoms with Gasteiger partial charge in [0.25, 0.3) is 0 Å². The van der Waals surface area contributed by atoms with Gasteiger partial charge < -0.3 is 0 Å². The highest BCUT2D eigenvalue weighted by atomic mass is 35.5. The van der Waals surface area contributed by atoms with Gasteiger partial charge in [-0.05, 0) is 17.7 Å². The van der Waals surface area contributed by atoms with E-state index < -0.39 is 18.5 Å². The molecule has 0 bridgehead atoms. The van der Waals surface area contributed by atoms with E-state index in [2.05, 4.69) is 0 Å². The van der Waals surface area contributed by atoms with Crippen molar-refractivity contribution >= 4 is 11.6 Å². The fraction of sp³-hybridized carbons (Fsp3) is 0.455. The Kier molecular flexibility index (Phi) is 5.21. The van der Waals surface area contributed by atoms with E-state index in [0.717, 1.165) is 0 Å². The summed E-state index contributed by atoms with van der Waals surface area (Å²) >= 11 is 5.45. The number of alkyl halides is 4. The van der Waals surface area contributed by atoms with Gasteiger partial charge in [0.15, 0.2) is 0 Å². The van der Waals surface area contributed by atoms with E-state index in [0.29, 0.717) is 5.56 Å². The minimum absolute atomic E-state index is 0.104. The Bertz CT molecular complexity index is 336. The topological polar surface area (TPSA) is 3.24 Å². The summed E-state index contributed by atoms with van der Waals surface area (Å²) in [4.78, 5) is 1.18. The molecule has 1 rings (SSSR count). The van der Waals surface area contributed by atoms with Crippen molar-refractivity contribution in [2.75, 3.05) is 19.0 Å². The molecule has 0 aliphatic heterocycles. The summed E-state index contributed by atoms with van der Waals surface area (Å²) in [7, 11) is 0. The van der Waals surface area contributed by atoms with E-state index in [-0.39, 0.29) is 19.0 Å². The van der Waals surface area contributed by atoms with Crippen molar-refractivity contribution in [1.29, 1.82) is 0 Å². The third kappa shape index (κ3) is 5.89. The second-order valence-corrected chi connectivity index (χ2v) is 4.02. The largest absolute Gasteiger partial charge is 0.401 e. The van der Waals surface area contributed by atoms with Crippen molar-refractivity contribution in [3.8, 4) is 0 Å². The van der Waals surface area contributed by atoms with Crippen LogP contribution in [0, 0.1) is 5.82 Å². The molecule has 0 aliphatic carbocycles. The van der Waals surface area contributed by atoms with Crippen molar-refractivity contribution < 1.29 is 17.6 Å². The lowest BCUT2D eigenvalue weighted by atomic mass is 10.2. The molecule has 1 aromatic carbocycles. The highest BCUT2D eigenvalue weighted by Gasteiger charge is 2.30. The highest BCUT2D eigenvalue weighted by Crippen LogP contribution is 2.18. The maximum Gasteiger partial charge on any atom is 0.401 e. The number of benzene rings is 1. The van der Waals surface area contributed by atoms with Crippen molar-refractivity contribution in [1.82, 2.24) is 4.90 Å². The highest BCUT2D eigenvalue weighted by molar-refractivity contribution is 6.18.